The number of ether oxygens (including phenoxy) is 1. The second kappa shape index (κ2) is 8.55. The van der Waals surface area contributed by atoms with Gasteiger partial charge in [-0.2, -0.15) is 0 Å². The molecule has 168 valence electrons. The molecule has 8 heteroatoms. The number of H-pyrrole nitrogens is 1. The van der Waals surface area contributed by atoms with Crippen molar-refractivity contribution in [1.29, 1.82) is 0 Å². The van der Waals surface area contributed by atoms with Crippen molar-refractivity contribution < 1.29 is 4.74 Å². The molecular weight excluding hydrogens is 426 g/mol. The quantitative estimate of drug-likeness (QED) is 0.427. The van der Waals surface area contributed by atoms with Crippen LogP contribution in [0, 0.1) is 0 Å². The Morgan fingerprint density at radius 2 is 2.03 bits per heavy atom. The highest BCUT2D eigenvalue weighted by atomic mass is 16.5. The number of fused-ring (bicyclic) bond motifs is 3. The van der Waals surface area contributed by atoms with Crippen molar-refractivity contribution >= 4 is 22.7 Å². The first-order chi connectivity index (χ1) is 16.8. The number of aromatic amines is 1. The maximum absolute atomic E-state index is 6.26. The van der Waals surface area contributed by atoms with Crippen LogP contribution in [0.4, 0.5) is 0 Å². The molecule has 0 saturated heterocycles. The molecule has 0 atom stereocenters. The van der Waals surface area contributed by atoms with E-state index in [9.17, 15) is 0 Å². The van der Waals surface area contributed by atoms with Crippen LogP contribution < -0.4 is 4.74 Å². The summed E-state index contributed by atoms with van der Waals surface area (Å²) in [6, 6.07) is 18.7. The van der Waals surface area contributed by atoms with Gasteiger partial charge in [-0.15, -0.1) is 5.10 Å². The third-order valence-corrected chi connectivity index (χ3v) is 6.07. The van der Waals surface area contributed by atoms with Crippen LogP contribution in [0.25, 0.3) is 22.7 Å². The molecule has 1 aliphatic heterocycles. The van der Waals surface area contributed by atoms with Crippen molar-refractivity contribution in [2.45, 2.75) is 32.9 Å². The third-order valence-electron chi connectivity index (χ3n) is 6.07. The number of benzene rings is 2. The molecule has 0 fully saturated rings. The van der Waals surface area contributed by atoms with Crippen LogP contribution in [0.2, 0.25) is 0 Å². The maximum Gasteiger partial charge on any atom is 0.172 e. The summed E-state index contributed by atoms with van der Waals surface area (Å²) < 4.78 is 8.57. The highest BCUT2D eigenvalue weighted by molar-refractivity contribution is 5.93. The smallest absolute Gasteiger partial charge is 0.172 e. The minimum Gasteiger partial charge on any atom is -0.487 e. The fourth-order valence-corrected chi connectivity index (χ4v) is 4.52. The Balaban J connectivity index is 1.43. The van der Waals surface area contributed by atoms with Gasteiger partial charge in [-0.1, -0.05) is 37.3 Å². The lowest BCUT2D eigenvalue weighted by molar-refractivity contribution is 0.302. The van der Waals surface area contributed by atoms with Crippen LogP contribution in [0.5, 0.6) is 5.75 Å². The van der Waals surface area contributed by atoms with E-state index in [0.29, 0.717) is 12.4 Å². The molecule has 1 N–H and O–H groups in total. The number of tetrazole rings is 1. The standard InChI is InChI=1S/C26H23N7O/c1-2-6-26-28-21-8-3-4-9-23(21)33(26)15-17-10-11-19-20(14-25-29-31-32-30-25)18-7-5-12-27-22(18)16-34-24(19)13-17/h3-5,7-14H,2,6,15-16H2,1H3,(H,29,30,31,32)/b20-14+. The molecule has 34 heavy (non-hydrogen) atoms. The van der Waals surface area contributed by atoms with Crippen molar-refractivity contribution in [3.8, 4) is 5.75 Å². The van der Waals surface area contributed by atoms with Crippen LogP contribution in [0.3, 0.4) is 0 Å². The molecule has 3 aromatic heterocycles. The Kier molecular flexibility index (Phi) is 5.10. The number of aryl methyl sites for hydroxylation is 1. The minimum absolute atomic E-state index is 0.397. The maximum atomic E-state index is 6.26. The van der Waals surface area contributed by atoms with Crippen LogP contribution in [-0.4, -0.2) is 35.2 Å². The molecule has 0 spiro atoms. The Morgan fingerprint density at radius 3 is 2.91 bits per heavy atom. The number of para-hydroxylation sites is 2. The summed E-state index contributed by atoms with van der Waals surface area (Å²) in [5.41, 5.74) is 7.18. The van der Waals surface area contributed by atoms with E-state index in [4.69, 9.17) is 9.72 Å². The first-order valence-corrected chi connectivity index (χ1v) is 11.4. The summed E-state index contributed by atoms with van der Waals surface area (Å²) in [6.45, 7) is 3.31. The Hall–Kier alpha value is -4.33. The number of imidazole rings is 1. The number of aromatic nitrogens is 7. The van der Waals surface area contributed by atoms with E-state index in [1.807, 2.05) is 18.2 Å². The number of nitrogens with one attached hydrogen (secondary N) is 1. The normalized spacial score (nSPS) is 14.0. The molecule has 4 heterocycles. The number of hydrogen-bond donors (Lipinski definition) is 1. The molecule has 0 bridgehead atoms. The largest absolute Gasteiger partial charge is 0.487 e. The summed E-state index contributed by atoms with van der Waals surface area (Å²) in [4.78, 5) is 9.43. The molecule has 8 nitrogen and oxygen atoms in total. The molecular formula is C26H23N7O. The van der Waals surface area contributed by atoms with Crippen molar-refractivity contribution in [1.82, 2.24) is 35.2 Å². The highest BCUT2D eigenvalue weighted by Gasteiger charge is 2.21. The van der Waals surface area contributed by atoms with Crippen LogP contribution in [0.1, 0.15) is 47.4 Å². The average molecular weight is 450 g/mol. The van der Waals surface area contributed by atoms with Gasteiger partial charge in [0.1, 0.15) is 18.2 Å². The van der Waals surface area contributed by atoms with E-state index in [1.165, 1.54) is 0 Å². The monoisotopic (exact) mass is 449 g/mol. The third kappa shape index (κ3) is 3.63. The molecule has 2 aromatic carbocycles. The van der Waals surface area contributed by atoms with E-state index in [2.05, 4.69) is 79.6 Å². The zero-order chi connectivity index (χ0) is 22.9. The first-order valence-electron chi connectivity index (χ1n) is 11.4. The molecule has 1 aliphatic rings. The summed E-state index contributed by atoms with van der Waals surface area (Å²) in [6.07, 6.45) is 5.72. The van der Waals surface area contributed by atoms with E-state index >= 15 is 0 Å². The van der Waals surface area contributed by atoms with Gasteiger partial charge in [-0.25, -0.2) is 10.1 Å². The Labute approximate surface area is 196 Å². The lowest BCUT2D eigenvalue weighted by Crippen LogP contribution is -2.06. The Morgan fingerprint density at radius 1 is 1.09 bits per heavy atom. The fraction of sp³-hybridized carbons (Fsp3) is 0.192. The minimum atomic E-state index is 0.397. The van der Waals surface area contributed by atoms with E-state index < -0.39 is 0 Å². The number of hydrogen-bond acceptors (Lipinski definition) is 6. The van der Waals surface area contributed by atoms with Gasteiger partial charge >= 0.3 is 0 Å². The molecule has 0 aliphatic carbocycles. The average Bonchev–Trinajstić information content (AvgIpc) is 3.47. The molecule has 0 radical (unpaired) electrons. The zero-order valence-electron chi connectivity index (χ0n) is 18.8. The second-order valence-electron chi connectivity index (χ2n) is 8.31. The molecule has 0 amide bonds. The fourth-order valence-electron chi connectivity index (χ4n) is 4.52. The van der Waals surface area contributed by atoms with E-state index in [1.54, 1.807) is 6.20 Å². The van der Waals surface area contributed by atoms with Gasteiger partial charge < -0.3 is 9.30 Å². The lowest BCUT2D eigenvalue weighted by Gasteiger charge is -2.14. The zero-order valence-corrected chi connectivity index (χ0v) is 18.8. The molecule has 0 saturated carbocycles. The van der Waals surface area contributed by atoms with Gasteiger partial charge in [0, 0.05) is 30.3 Å². The molecule has 5 aromatic rings. The van der Waals surface area contributed by atoms with Crippen LogP contribution >= 0.6 is 0 Å². The van der Waals surface area contributed by atoms with Gasteiger partial charge in [0.2, 0.25) is 0 Å². The van der Waals surface area contributed by atoms with Gasteiger partial charge in [0.25, 0.3) is 0 Å². The van der Waals surface area contributed by atoms with Gasteiger partial charge in [0.05, 0.1) is 16.7 Å². The van der Waals surface area contributed by atoms with Gasteiger partial charge in [0.15, 0.2) is 5.82 Å². The topological polar surface area (TPSA) is 94.4 Å². The summed E-state index contributed by atoms with van der Waals surface area (Å²) in [5, 5.41) is 14.3. The van der Waals surface area contributed by atoms with Crippen molar-refractivity contribution in [3.63, 3.8) is 0 Å². The van der Waals surface area contributed by atoms with E-state index in [0.717, 1.165) is 70.0 Å². The highest BCUT2D eigenvalue weighted by Crippen LogP contribution is 2.37. The van der Waals surface area contributed by atoms with Crippen molar-refractivity contribution in [2.75, 3.05) is 0 Å². The molecule has 6 rings (SSSR count). The van der Waals surface area contributed by atoms with Crippen LogP contribution in [0.15, 0.2) is 60.8 Å². The number of pyridine rings is 1. The second-order valence-corrected chi connectivity index (χ2v) is 8.31. The predicted molar refractivity (Wildman–Crippen MR) is 129 cm³/mol. The van der Waals surface area contributed by atoms with Crippen molar-refractivity contribution in [2.24, 2.45) is 0 Å². The van der Waals surface area contributed by atoms with Gasteiger partial charge in [-0.05, 0) is 58.3 Å². The predicted octanol–water partition coefficient (Wildman–Crippen LogP) is 4.43. The number of nitrogens with zero attached hydrogens (tertiary/aromatic N) is 6. The van der Waals surface area contributed by atoms with Crippen molar-refractivity contribution in [3.05, 3.63) is 94.8 Å². The molecule has 0 unspecified atom stereocenters. The van der Waals surface area contributed by atoms with Crippen LogP contribution in [-0.2, 0) is 19.6 Å². The SMILES string of the molecule is CCCc1nc2ccccc2n1Cc1ccc2c(c1)OCc1ncccc1/C2=C\c1nnn[nH]1. The lowest BCUT2D eigenvalue weighted by atomic mass is 9.95. The summed E-state index contributed by atoms with van der Waals surface area (Å²) in [7, 11) is 0. The first kappa shape index (κ1) is 20.3. The summed E-state index contributed by atoms with van der Waals surface area (Å²) >= 11 is 0. The summed E-state index contributed by atoms with van der Waals surface area (Å²) in [5.74, 6) is 2.50. The Bertz CT molecular complexity index is 1500. The van der Waals surface area contributed by atoms with Gasteiger partial charge in [-0.3, -0.25) is 4.98 Å². The number of rotatable bonds is 5. The van der Waals surface area contributed by atoms with E-state index in [-0.39, 0.29) is 0 Å².